The van der Waals surface area contributed by atoms with E-state index in [2.05, 4.69) is 5.32 Å². The summed E-state index contributed by atoms with van der Waals surface area (Å²) in [5, 5.41) is 2.72. The van der Waals surface area contributed by atoms with Gasteiger partial charge in [0.15, 0.2) is 21.4 Å². The van der Waals surface area contributed by atoms with Crippen molar-refractivity contribution in [1.29, 1.82) is 0 Å². The van der Waals surface area contributed by atoms with Gasteiger partial charge >= 0.3 is 6.03 Å². The standard InChI is InChI=1S/C15H21FN2O4S/c1-18(7-8-22-14-5-3-2-4-13(14)16)15(19)17-10-12-6-9-23(20,21)11-12/h2-5,12H,6-11H2,1H3,(H,17,19). The molecule has 0 saturated carbocycles. The lowest BCUT2D eigenvalue weighted by Crippen LogP contribution is -2.41. The first-order chi connectivity index (χ1) is 10.9. The molecule has 0 spiro atoms. The van der Waals surface area contributed by atoms with Crippen LogP contribution in [0, 0.1) is 11.7 Å². The number of nitrogens with one attached hydrogen (secondary N) is 1. The summed E-state index contributed by atoms with van der Waals surface area (Å²) >= 11 is 0. The molecule has 1 aliphatic rings. The molecule has 0 aliphatic carbocycles. The fourth-order valence-electron chi connectivity index (χ4n) is 2.36. The summed E-state index contributed by atoms with van der Waals surface area (Å²) in [6, 6.07) is 5.78. The Kier molecular flexibility index (Phi) is 5.81. The minimum absolute atomic E-state index is 0.0213. The normalized spacial score (nSPS) is 19.3. The molecular formula is C15H21FN2O4S. The van der Waals surface area contributed by atoms with Gasteiger partial charge in [0.05, 0.1) is 18.1 Å². The summed E-state index contributed by atoms with van der Waals surface area (Å²) in [4.78, 5) is 13.3. The van der Waals surface area contributed by atoms with Crippen LogP contribution < -0.4 is 10.1 Å². The molecule has 1 heterocycles. The minimum atomic E-state index is -2.93. The van der Waals surface area contributed by atoms with E-state index in [4.69, 9.17) is 4.74 Å². The Morgan fingerprint density at radius 3 is 2.83 bits per heavy atom. The van der Waals surface area contributed by atoms with Crippen molar-refractivity contribution < 1.29 is 22.3 Å². The van der Waals surface area contributed by atoms with Gasteiger partial charge in [0.1, 0.15) is 6.61 Å². The highest BCUT2D eigenvalue weighted by atomic mass is 32.2. The second-order valence-corrected chi connectivity index (χ2v) is 7.88. The lowest BCUT2D eigenvalue weighted by molar-refractivity contribution is 0.193. The van der Waals surface area contributed by atoms with Gasteiger partial charge in [-0.1, -0.05) is 12.1 Å². The molecule has 1 aliphatic heterocycles. The molecule has 8 heteroatoms. The summed E-state index contributed by atoms with van der Waals surface area (Å²) in [5.41, 5.74) is 0. The molecule has 1 unspecified atom stereocenters. The number of para-hydroxylation sites is 1. The molecule has 0 bridgehead atoms. The van der Waals surface area contributed by atoms with Crippen molar-refractivity contribution >= 4 is 15.9 Å². The second kappa shape index (κ2) is 7.63. The number of nitrogens with zero attached hydrogens (tertiary/aromatic N) is 1. The van der Waals surface area contributed by atoms with E-state index >= 15 is 0 Å². The third-order valence-electron chi connectivity index (χ3n) is 3.74. The van der Waals surface area contributed by atoms with Crippen molar-refractivity contribution in [2.45, 2.75) is 6.42 Å². The Morgan fingerprint density at radius 1 is 1.43 bits per heavy atom. The Bertz CT molecular complexity index is 651. The Labute approximate surface area is 135 Å². The van der Waals surface area contributed by atoms with Crippen molar-refractivity contribution in [3.05, 3.63) is 30.1 Å². The number of urea groups is 1. The van der Waals surface area contributed by atoms with Gasteiger partial charge in [0.25, 0.3) is 0 Å². The van der Waals surface area contributed by atoms with Crippen LogP contribution in [0.2, 0.25) is 0 Å². The third kappa shape index (κ3) is 5.38. The second-order valence-electron chi connectivity index (χ2n) is 5.66. The predicted molar refractivity (Wildman–Crippen MR) is 84.7 cm³/mol. The molecule has 2 amide bonds. The molecule has 128 valence electrons. The molecule has 0 aromatic heterocycles. The van der Waals surface area contributed by atoms with Crippen molar-refractivity contribution in [2.24, 2.45) is 5.92 Å². The van der Waals surface area contributed by atoms with E-state index in [1.54, 1.807) is 19.2 Å². The number of benzene rings is 1. The van der Waals surface area contributed by atoms with Crippen LogP contribution in [0.5, 0.6) is 5.75 Å². The Morgan fingerprint density at radius 2 is 2.17 bits per heavy atom. The van der Waals surface area contributed by atoms with Gasteiger partial charge in [-0.05, 0) is 24.5 Å². The van der Waals surface area contributed by atoms with Crippen LogP contribution in [0.4, 0.5) is 9.18 Å². The lowest BCUT2D eigenvalue weighted by Gasteiger charge is -2.19. The van der Waals surface area contributed by atoms with Gasteiger partial charge in [-0.15, -0.1) is 0 Å². The van der Waals surface area contributed by atoms with Crippen molar-refractivity contribution in [3.8, 4) is 5.75 Å². The quantitative estimate of drug-likeness (QED) is 0.843. The van der Waals surface area contributed by atoms with Crippen molar-refractivity contribution in [2.75, 3.05) is 38.2 Å². The van der Waals surface area contributed by atoms with Crippen LogP contribution in [0.3, 0.4) is 0 Å². The SMILES string of the molecule is CN(CCOc1ccccc1F)C(=O)NCC1CCS(=O)(=O)C1. The highest BCUT2D eigenvalue weighted by Crippen LogP contribution is 2.17. The average Bonchev–Trinajstić information content (AvgIpc) is 2.86. The van der Waals surface area contributed by atoms with Gasteiger partial charge < -0.3 is 15.0 Å². The Hall–Kier alpha value is -1.83. The van der Waals surface area contributed by atoms with Gasteiger partial charge in [0, 0.05) is 13.6 Å². The van der Waals surface area contributed by atoms with Crippen molar-refractivity contribution in [3.63, 3.8) is 0 Å². The fraction of sp³-hybridized carbons (Fsp3) is 0.533. The zero-order valence-electron chi connectivity index (χ0n) is 13.0. The van der Waals surface area contributed by atoms with E-state index in [0.29, 0.717) is 19.5 Å². The van der Waals surface area contributed by atoms with Crippen LogP contribution >= 0.6 is 0 Å². The zero-order chi connectivity index (χ0) is 16.9. The summed E-state index contributed by atoms with van der Waals surface area (Å²) < 4.78 is 41.4. The highest BCUT2D eigenvalue weighted by molar-refractivity contribution is 7.91. The number of carbonyl (C=O) groups excluding carboxylic acids is 1. The minimum Gasteiger partial charge on any atom is -0.489 e. The fourth-order valence-corrected chi connectivity index (χ4v) is 4.22. The number of hydrogen-bond acceptors (Lipinski definition) is 4. The molecule has 1 fully saturated rings. The molecule has 1 atom stereocenters. The topological polar surface area (TPSA) is 75.7 Å². The molecule has 1 aromatic rings. The van der Waals surface area contributed by atoms with E-state index in [-0.39, 0.29) is 35.8 Å². The van der Waals surface area contributed by atoms with Crippen LogP contribution in [0.15, 0.2) is 24.3 Å². The third-order valence-corrected chi connectivity index (χ3v) is 5.57. The van der Waals surface area contributed by atoms with E-state index in [0.717, 1.165) is 0 Å². The molecule has 1 N–H and O–H groups in total. The maximum atomic E-state index is 13.4. The number of hydrogen-bond donors (Lipinski definition) is 1. The Balaban J connectivity index is 1.68. The van der Waals surface area contributed by atoms with E-state index in [1.807, 2.05) is 0 Å². The lowest BCUT2D eigenvalue weighted by atomic mass is 10.1. The summed E-state index contributed by atoms with van der Waals surface area (Å²) in [5.74, 6) is 0.0132. The highest BCUT2D eigenvalue weighted by Gasteiger charge is 2.28. The number of sulfone groups is 1. The van der Waals surface area contributed by atoms with E-state index in [1.165, 1.54) is 17.0 Å². The number of rotatable bonds is 6. The van der Waals surface area contributed by atoms with Crippen LogP contribution in [-0.2, 0) is 9.84 Å². The number of amides is 2. The predicted octanol–water partition coefficient (Wildman–Crippen LogP) is 1.28. The number of ether oxygens (including phenoxy) is 1. The average molecular weight is 344 g/mol. The molecule has 2 rings (SSSR count). The van der Waals surface area contributed by atoms with Crippen LogP contribution in [-0.4, -0.2) is 57.6 Å². The molecule has 0 radical (unpaired) electrons. The maximum absolute atomic E-state index is 13.4. The van der Waals surface area contributed by atoms with E-state index in [9.17, 15) is 17.6 Å². The number of carbonyl (C=O) groups is 1. The molecule has 23 heavy (non-hydrogen) atoms. The zero-order valence-corrected chi connectivity index (χ0v) is 13.8. The number of halogens is 1. The molecule has 1 saturated heterocycles. The van der Waals surface area contributed by atoms with Crippen LogP contribution in [0.25, 0.3) is 0 Å². The monoisotopic (exact) mass is 344 g/mol. The number of likely N-dealkylation sites (N-methyl/N-ethyl adjacent to an activating group) is 1. The van der Waals surface area contributed by atoms with Gasteiger partial charge in [-0.3, -0.25) is 0 Å². The van der Waals surface area contributed by atoms with Gasteiger partial charge in [0.2, 0.25) is 0 Å². The summed E-state index contributed by atoms with van der Waals surface area (Å²) in [6.07, 6.45) is 0.586. The van der Waals surface area contributed by atoms with E-state index < -0.39 is 15.7 Å². The van der Waals surface area contributed by atoms with Crippen molar-refractivity contribution in [1.82, 2.24) is 10.2 Å². The molecule has 6 nitrogen and oxygen atoms in total. The molecule has 1 aromatic carbocycles. The largest absolute Gasteiger partial charge is 0.489 e. The van der Waals surface area contributed by atoms with Crippen LogP contribution in [0.1, 0.15) is 6.42 Å². The summed E-state index contributed by atoms with van der Waals surface area (Å²) in [7, 11) is -1.33. The van der Waals surface area contributed by atoms with Gasteiger partial charge in [-0.2, -0.15) is 0 Å². The first kappa shape index (κ1) is 17.5. The maximum Gasteiger partial charge on any atom is 0.317 e. The first-order valence-electron chi connectivity index (χ1n) is 7.44. The van der Waals surface area contributed by atoms with Gasteiger partial charge in [-0.25, -0.2) is 17.6 Å². The first-order valence-corrected chi connectivity index (χ1v) is 9.26. The molecular weight excluding hydrogens is 323 g/mol. The smallest absolute Gasteiger partial charge is 0.317 e. The summed E-state index contributed by atoms with van der Waals surface area (Å²) in [6.45, 7) is 0.808.